The van der Waals surface area contributed by atoms with Gasteiger partial charge < -0.3 is 4.74 Å². The molecule has 0 saturated heterocycles. The maximum atomic E-state index is 5.27. The predicted molar refractivity (Wildman–Crippen MR) is 78.6 cm³/mol. The van der Waals surface area contributed by atoms with Crippen LogP contribution in [0.15, 0.2) is 54.6 Å². The van der Waals surface area contributed by atoms with Crippen LogP contribution in [0.5, 0.6) is 5.75 Å². The molecule has 1 aliphatic carbocycles. The summed E-state index contributed by atoms with van der Waals surface area (Å²) in [6.45, 7) is 0. The van der Waals surface area contributed by atoms with Crippen molar-refractivity contribution in [3.05, 3.63) is 65.7 Å². The second-order valence-electron chi connectivity index (χ2n) is 5.40. The molecule has 98 valence electrons. The van der Waals surface area contributed by atoms with E-state index in [1.54, 1.807) is 7.11 Å². The van der Waals surface area contributed by atoms with Crippen molar-refractivity contribution >= 4 is 0 Å². The van der Waals surface area contributed by atoms with Crippen LogP contribution in [-0.2, 0) is 6.42 Å². The first-order chi connectivity index (χ1) is 9.36. The summed E-state index contributed by atoms with van der Waals surface area (Å²) in [5, 5.41) is 0. The lowest BCUT2D eigenvalue weighted by atomic mass is 10.0. The molecule has 1 unspecified atom stereocenters. The second kappa shape index (κ2) is 5.48. The van der Waals surface area contributed by atoms with Crippen LogP contribution in [0.25, 0.3) is 0 Å². The maximum absolute atomic E-state index is 5.27. The molecule has 0 aliphatic heterocycles. The van der Waals surface area contributed by atoms with E-state index in [0.717, 1.165) is 24.0 Å². The number of methoxy groups -OCH3 is 1. The first-order valence-corrected chi connectivity index (χ1v) is 7.04. The van der Waals surface area contributed by atoms with E-state index in [0.29, 0.717) is 0 Å². The maximum Gasteiger partial charge on any atom is 0.119 e. The molecule has 3 rings (SSSR count). The largest absolute Gasteiger partial charge is 0.497 e. The van der Waals surface area contributed by atoms with Crippen molar-refractivity contribution in [2.45, 2.75) is 25.2 Å². The molecule has 1 nitrogen and oxygen atoms in total. The highest BCUT2D eigenvalue weighted by atomic mass is 16.5. The average Bonchev–Trinajstić information content (AvgIpc) is 3.26. The van der Waals surface area contributed by atoms with Crippen LogP contribution in [0.3, 0.4) is 0 Å². The number of benzene rings is 2. The van der Waals surface area contributed by atoms with Gasteiger partial charge >= 0.3 is 0 Å². The molecule has 2 aromatic rings. The second-order valence-corrected chi connectivity index (χ2v) is 5.40. The van der Waals surface area contributed by atoms with Gasteiger partial charge in [0.25, 0.3) is 0 Å². The van der Waals surface area contributed by atoms with Gasteiger partial charge in [-0.05, 0) is 54.4 Å². The zero-order valence-electron chi connectivity index (χ0n) is 11.4. The number of rotatable bonds is 5. The Hall–Kier alpha value is -1.76. The number of ether oxygens (including phenoxy) is 1. The average molecular weight is 252 g/mol. The molecule has 0 N–H and O–H groups in total. The van der Waals surface area contributed by atoms with Crippen molar-refractivity contribution in [2.75, 3.05) is 7.11 Å². The van der Waals surface area contributed by atoms with Crippen LogP contribution in [0.1, 0.15) is 29.9 Å². The monoisotopic (exact) mass is 252 g/mol. The molecule has 0 heterocycles. The molecule has 0 aromatic heterocycles. The fourth-order valence-corrected chi connectivity index (χ4v) is 2.86. The van der Waals surface area contributed by atoms with E-state index in [9.17, 15) is 0 Å². The van der Waals surface area contributed by atoms with Crippen LogP contribution >= 0.6 is 0 Å². The summed E-state index contributed by atoms with van der Waals surface area (Å²) in [5.74, 6) is 2.63. The summed E-state index contributed by atoms with van der Waals surface area (Å²) in [6.07, 6.45) is 3.80. The third-order valence-electron chi connectivity index (χ3n) is 4.09. The van der Waals surface area contributed by atoms with E-state index in [4.69, 9.17) is 4.74 Å². The van der Waals surface area contributed by atoms with Crippen molar-refractivity contribution in [3.8, 4) is 5.75 Å². The SMILES string of the molecule is COc1cccc(CC[C@H]2CC2c2ccccc2)c1. The van der Waals surface area contributed by atoms with Gasteiger partial charge in [-0.25, -0.2) is 0 Å². The van der Waals surface area contributed by atoms with E-state index in [-0.39, 0.29) is 0 Å². The molecule has 0 bridgehead atoms. The zero-order chi connectivity index (χ0) is 13.1. The Morgan fingerprint density at radius 1 is 1.05 bits per heavy atom. The molecule has 0 radical (unpaired) electrons. The normalized spacial score (nSPS) is 21.1. The lowest BCUT2D eigenvalue weighted by Gasteiger charge is -2.04. The molecule has 1 heteroatoms. The van der Waals surface area contributed by atoms with Gasteiger partial charge in [-0.3, -0.25) is 0 Å². The number of hydrogen-bond donors (Lipinski definition) is 0. The Morgan fingerprint density at radius 3 is 2.68 bits per heavy atom. The van der Waals surface area contributed by atoms with Crippen molar-refractivity contribution in [1.29, 1.82) is 0 Å². The molecule has 2 atom stereocenters. The molecule has 1 fully saturated rings. The summed E-state index contributed by atoms with van der Waals surface area (Å²) >= 11 is 0. The lowest BCUT2D eigenvalue weighted by Crippen LogP contribution is -1.90. The van der Waals surface area contributed by atoms with Crippen LogP contribution in [-0.4, -0.2) is 7.11 Å². The Labute approximate surface area is 115 Å². The van der Waals surface area contributed by atoms with Crippen LogP contribution in [0.4, 0.5) is 0 Å². The van der Waals surface area contributed by atoms with E-state index in [1.165, 1.54) is 24.0 Å². The summed E-state index contributed by atoms with van der Waals surface area (Å²) in [5.41, 5.74) is 2.90. The van der Waals surface area contributed by atoms with Crippen molar-refractivity contribution in [3.63, 3.8) is 0 Å². The Bertz CT molecular complexity index is 532. The summed E-state index contributed by atoms with van der Waals surface area (Å²) in [6, 6.07) is 19.3. The Morgan fingerprint density at radius 2 is 1.89 bits per heavy atom. The van der Waals surface area contributed by atoms with E-state index in [2.05, 4.69) is 48.5 Å². The van der Waals surface area contributed by atoms with Crippen LogP contribution in [0, 0.1) is 5.92 Å². The van der Waals surface area contributed by atoms with Gasteiger partial charge in [0.2, 0.25) is 0 Å². The van der Waals surface area contributed by atoms with E-state index in [1.807, 2.05) is 6.07 Å². The van der Waals surface area contributed by atoms with Gasteiger partial charge in [0, 0.05) is 0 Å². The third-order valence-corrected chi connectivity index (χ3v) is 4.09. The predicted octanol–water partition coefficient (Wildman–Crippen LogP) is 4.43. The van der Waals surface area contributed by atoms with E-state index >= 15 is 0 Å². The topological polar surface area (TPSA) is 9.23 Å². The number of hydrogen-bond acceptors (Lipinski definition) is 1. The third kappa shape index (κ3) is 2.98. The number of aryl methyl sites for hydroxylation is 1. The molecule has 1 aliphatic rings. The highest BCUT2D eigenvalue weighted by Crippen LogP contribution is 2.49. The van der Waals surface area contributed by atoms with Crippen molar-refractivity contribution in [1.82, 2.24) is 0 Å². The minimum absolute atomic E-state index is 0.798. The summed E-state index contributed by atoms with van der Waals surface area (Å²) in [7, 11) is 1.73. The fourth-order valence-electron chi connectivity index (χ4n) is 2.86. The molecule has 0 spiro atoms. The van der Waals surface area contributed by atoms with E-state index < -0.39 is 0 Å². The zero-order valence-corrected chi connectivity index (χ0v) is 11.4. The van der Waals surface area contributed by atoms with Gasteiger partial charge in [-0.2, -0.15) is 0 Å². The summed E-state index contributed by atoms with van der Waals surface area (Å²) in [4.78, 5) is 0. The Balaban J connectivity index is 1.54. The quantitative estimate of drug-likeness (QED) is 0.764. The van der Waals surface area contributed by atoms with Crippen molar-refractivity contribution < 1.29 is 4.74 Å². The highest BCUT2D eigenvalue weighted by Gasteiger charge is 2.37. The molecule has 19 heavy (non-hydrogen) atoms. The first-order valence-electron chi connectivity index (χ1n) is 7.04. The molecular weight excluding hydrogens is 232 g/mol. The Kier molecular flexibility index (Phi) is 3.54. The highest BCUT2D eigenvalue weighted by molar-refractivity contribution is 5.29. The smallest absolute Gasteiger partial charge is 0.119 e. The standard InChI is InChI=1S/C18H20O/c1-19-17-9-5-6-14(12-17)10-11-16-13-18(16)15-7-3-2-4-8-15/h2-9,12,16,18H,10-11,13H2,1H3/t16-,18?/m0/s1. The van der Waals surface area contributed by atoms with Crippen LogP contribution in [0.2, 0.25) is 0 Å². The minimum Gasteiger partial charge on any atom is -0.497 e. The van der Waals surface area contributed by atoms with Gasteiger partial charge in [-0.15, -0.1) is 0 Å². The van der Waals surface area contributed by atoms with Gasteiger partial charge in [0.05, 0.1) is 7.11 Å². The van der Waals surface area contributed by atoms with Gasteiger partial charge in [0.15, 0.2) is 0 Å². The van der Waals surface area contributed by atoms with Gasteiger partial charge in [0.1, 0.15) is 5.75 Å². The minimum atomic E-state index is 0.798. The van der Waals surface area contributed by atoms with Crippen molar-refractivity contribution in [2.24, 2.45) is 5.92 Å². The first kappa shape index (κ1) is 12.3. The van der Waals surface area contributed by atoms with Gasteiger partial charge in [-0.1, -0.05) is 42.5 Å². The molecular formula is C18H20O. The molecule has 2 aromatic carbocycles. The molecule has 0 amide bonds. The molecule has 1 saturated carbocycles. The lowest BCUT2D eigenvalue weighted by molar-refractivity contribution is 0.414. The fraction of sp³-hybridized carbons (Fsp3) is 0.333. The van der Waals surface area contributed by atoms with Crippen LogP contribution < -0.4 is 4.74 Å². The summed E-state index contributed by atoms with van der Waals surface area (Å²) < 4.78 is 5.27.